The van der Waals surface area contributed by atoms with Crippen LogP contribution in [0.1, 0.15) is 41.0 Å². The van der Waals surface area contributed by atoms with Crippen molar-refractivity contribution < 1.29 is 11.7 Å². The molecule has 5 heteroatoms. The Morgan fingerprint density at radius 2 is 2.06 bits per heavy atom. The van der Waals surface area contributed by atoms with Gasteiger partial charge in [0.15, 0.2) is 0 Å². The van der Waals surface area contributed by atoms with Crippen LogP contribution < -0.4 is 5.32 Å². The lowest BCUT2D eigenvalue weighted by molar-refractivity contribution is -0.130. The Bertz CT molecular complexity index is 1070. The first-order valence-electron chi connectivity index (χ1n) is 11.5. The van der Waals surface area contributed by atoms with Gasteiger partial charge in [-0.05, 0) is 55.1 Å². The molecule has 4 rings (SSSR count). The van der Waals surface area contributed by atoms with E-state index in [1.165, 1.54) is 16.8 Å². The molecule has 0 spiro atoms. The third-order valence-corrected chi connectivity index (χ3v) is 6.94. The largest absolute Gasteiger partial charge is 0.412 e. The summed E-state index contributed by atoms with van der Waals surface area (Å²) in [6, 6.07) is 0. The molecular formula is C28H37N3O2. The Labute approximate surface area is 199 Å². The molecule has 5 nitrogen and oxygen atoms in total. The van der Waals surface area contributed by atoms with E-state index in [1.54, 1.807) is 6.92 Å². The topological polar surface area (TPSA) is 67.1 Å². The summed E-state index contributed by atoms with van der Waals surface area (Å²) in [5.41, 5.74) is 12.3. The second-order valence-corrected chi connectivity index (χ2v) is 9.25. The zero-order chi connectivity index (χ0) is 22.7. The maximum Gasteiger partial charge on any atom is 0.219 e. The van der Waals surface area contributed by atoms with Crippen molar-refractivity contribution >= 4 is 5.91 Å². The Morgan fingerprint density at radius 3 is 2.73 bits per heavy atom. The molecule has 1 atom stereocenters. The van der Waals surface area contributed by atoms with E-state index in [4.69, 9.17) is 0 Å². The van der Waals surface area contributed by atoms with Gasteiger partial charge in [0.1, 0.15) is 0 Å². The lowest BCUT2D eigenvalue weighted by Gasteiger charge is -2.33. The number of fused-ring (bicyclic) bond motifs is 1. The van der Waals surface area contributed by atoms with Gasteiger partial charge in [-0.25, -0.2) is 0 Å². The van der Waals surface area contributed by atoms with Gasteiger partial charge in [-0.3, -0.25) is 4.79 Å². The van der Waals surface area contributed by atoms with E-state index in [0.29, 0.717) is 5.92 Å². The summed E-state index contributed by atoms with van der Waals surface area (Å²) >= 11 is 0. The van der Waals surface area contributed by atoms with Gasteiger partial charge in [-0.1, -0.05) is 31.7 Å². The minimum absolute atomic E-state index is 0. The summed E-state index contributed by atoms with van der Waals surface area (Å²) in [7, 11) is 2.10. The Morgan fingerprint density at radius 1 is 1.30 bits per heavy atom. The quantitative estimate of drug-likeness (QED) is 0.644. The highest BCUT2D eigenvalue weighted by Gasteiger charge is 2.30. The molecule has 33 heavy (non-hydrogen) atoms. The highest BCUT2D eigenvalue weighted by Crippen LogP contribution is 2.41. The maximum atomic E-state index is 11.7. The molecule has 0 saturated carbocycles. The Kier molecular flexibility index (Phi) is 7.50. The highest BCUT2D eigenvalue weighted by atomic mass is 16.2. The zero-order valence-corrected chi connectivity index (χ0v) is 19.9. The SMILES string of the molecule is C=C=C(NC1=CC2=CC(C3=CCC=CN3C)=CCC2(C)C=C=C1)C1CCN(C(C)=O)CC1.O.[HH]. The van der Waals surface area contributed by atoms with E-state index in [-0.39, 0.29) is 18.2 Å². The summed E-state index contributed by atoms with van der Waals surface area (Å²) in [5, 5.41) is 3.58. The fourth-order valence-electron chi connectivity index (χ4n) is 4.83. The number of rotatable bonds is 4. The van der Waals surface area contributed by atoms with E-state index in [2.05, 4.69) is 84.9 Å². The second kappa shape index (κ2) is 10.1. The molecule has 1 saturated heterocycles. The molecule has 3 N–H and O–H groups in total. The Hall–Kier alpha value is -3.23. The first kappa shape index (κ1) is 24.4. The average molecular weight is 448 g/mol. The van der Waals surface area contributed by atoms with Crippen LogP contribution in [0, 0.1) is 11.3 Å². The van der Waals surface area contributed by atoms with Gasteiger partial charge >= 0.3 is 0 Å². The van der Waals surface area contributed by atoms with Crippen LogP contribution in [-0.4, -0.2) is 41.3 Å². The van der Waals surface area contributed by atoms with E-state index in [0.717, 1.165) is 50.2 Å². The molecule has 0 aromatic heterocycles. The number of amides is 1. The third-order valence-electron chi connectivity index (χ3n) is 6.94. The van der Waals surface area contributed by atoms with Gasteiger partial charge in [0.05, 0.1) is 5.70 Å². The van der Waals surface area contributed by atoms with Crippen molar-refractivity contribution in [1.82, 2.24) is 15.1 Å². The zero-order valence-electron chi connectivity index (χ0n) is 19.9. The molecule has 176 valence electrons. The normalized spacial score (nSPS) is 24.3. The molecule has 0 aromatic rings. The van der Waals surface area contributed by atoms with Gasteiger partial charge in [-0.15, -0.1) is 11.5 Å². The number of nitrogens with one attached hydrogen (secondary N) is 1. The monoisotopic (exact) mass is 447 g/mol. The molecule has 0 aromatic carbocycles. The van der Waals surface area contributed by atoms with Crippen molar-refractivity contribution in [3.05, 3.63) is 95.0 Å². The van der Waals surface area contributed by atoms with Crippen molar-refractivity contribution in [3.8, 4) is 0 Å². The second-order valence-electron chi connectivity index (χ2n) is 9.25. The molecule has 0 bridgehead atoms. The van der Waals surface area contributed by atoms with E-state index in [1.807, 2.05) is 11.0 Å². The summed E-state index contributed by atoms with van der Waals surface area (Å²) in [6.45, 7) is 9.43. The molecule has 1 fully saturated rings. The minimum Gasteiger partial charge on any atom is -0.412 e. The summed E-state index contributed by atoms with van der Waals surface area (Å²) in [5.74, 6) is 0.487. The number of likely N-dealkylation sites (tertiary alicyclic amines) is 1. The van der Waals surface area contributed by atoms with Crippen LogP contribution in [0.15, 0.2) is 95.0 Å². The first-order chi connectivity index (χ1) is 15.4. The molecular weight excluding hydrogens is 410 g/mol. The lowest BCUT2D eigenvalue weighted by atomic mass is 9.74. The number of piperidine rings is 1. The van der Waals surface area contributed by atoms with Gasteiger partial charge < -0.3 is 20.6 Å². The predicted molar refractivity (Wildman–Crippen MR) is 136 cm³/mol. The summed E-state index contributed by atoms with van der Waals surface area (Å²) < 4.78 is 0. The third kappa shape index (κ3) is 5.23. The molecule has 2 aliphatic carbocycles. The highest BCUT2D eigenvalue weighted by molar-refractivity contribution is 5.73. The smallest absolute Gasteiger partial charge is 0.219 e. The lowest BCUT2D eigenvalue weighted by Crippen LogP contribution is -2.38. The molecule has 1 unspecified atom stereocenters. The van der Waals surface area contributed by atoms with Crippen LogP contribution in [0.2, 0.25) is 0 Å². The summed E-state index contributed by atoms with van der Waals surface area (Å²) in [4.78, 5) is 15.8. The van der Waals surface area contributed by atoms with Crippen molar-refractivity contribution in [2.45, 2.75) is 39.5 Å². The number of nitrogens with zero attached hydrogens (tertiary/aromatic N) is 2. The van der Waals surface area contributed by atoms with Crippen LogP contribution in [0.4, 0.5) is 0 Å². The van der Waals surface area contributed by atoms with Crippen LogP contribution in [0.3, 0.4) is 0 Å². The fourth-order valence-corrected chi connectivity index (χ4v) is 4.83. The molecule has 2 aliphatic heterocycles. The van der Waals surface area contributed by atoms with Crippen molar-refractivity contribution in [1.29, 1.82) is 0 Å². The van der Waals surface area contributed by atoms with Crippen LogP contribution in [0.5, 0.6) is 0 Å². The number of carbonyl (C=O) groups is 1. The fraction of sp³-hybridized carbons (Fsp3) is 0.393. The molecule has 4 aliphatic rings. The first-order valence-corrected chi connectivity index (χ1v) is 11.5. The van der Waals surface area contributed by atoms with Crippen LogP contribution in [-0.2, 0) is 4.79 Å². The average Bonchev–Trinajstić information content (AvgIpc) is 2.95. The van der Waals surface area contributed by atoms with E-state index in [9.17, 15) is 4.79 Å². The van der Waals surface area contributed by atoms with E-state index >= 15 is 0 Å². The number of allylic oxidation sites excluding steroid dienone is 8. The summed E-state index contributed by atoms with van der Waals surface area (Å²) in [6.07, 6.45) is 21.5. The van der Waals surface area contributed by atoms with E-state index < -0.39 is 0 Å². The molecule has 1 amide bonds. The van der Waals surface area contributed by atoms with Crippen molar-refractivity contribution in [2.24, 2.45) is 11.3 Å². The number of carbonyl (C=O) groups excluding carboxylic acids is 1. The number of hydrogen-bond acceptors (Lipinski definition) is 3. The van der Waals surface area contributed by atoms with Gasteiger partial charge in [0.25, 0.3) is 0 Å². The number of hydrogen-bond donors (Lipinski definition) is 1. The standard InChI is InChI=1S/C28H33N3O.H2O.H2/c1-5-26(22-12-17-31(18-13-22)21(2)32)29-25-9-8-14-28(3)15-11-23(19-24(28)20-25)27-10-6-7-16-30(27)4;;/h7,9-11,14,16,19-20,22,29H,1,6,12-13,15,17-18H2,2-4H3;1H2;1H. The van der Waals surface area contributed by atoms with Crippen molar-refractivity contribution in [2.75, 3.05) is 20.1 Å². The molecule has 2 heterocycles. The minimum atomic E-state index is -0.0715. The molecule has 0 radical (unpaired) electrons. The van der Waals surface area contributed by atoms with Gasteiger partial charge in [-0.2, -0.15) is 0 Å². The van der Waals surface area contributed by atoms with Crippen LogP contribution in [0.25, 0.3) is 0 Å². The van der Waals surface area contributed by atoms with Gasteiger partial charge in [0, 0.05) is 63.5 Å². The van der Waals surface area contributed by atoms with Crippen molar-refractivity contribution in [3.63, 3.8) is 0 Å². The predicted octanol–water partition coefficient (Wildman–Crippen LogP) is 4.53. The maximum absolute atomic E-state index is 11.7. The van der Waals surface area contributed by atoms with Crippen LogP contribution >= 0.6 is 0 Å². The Balaban J connectivity index is 0.00000204. The number of likely N-dealkylation sites (N-methyl/N-ethyl adjacent to an activating group) is 1. The van der Waals surface area contributed by atoms with Gasteiger partial charge in [0.2, 0.25) is 5.91 Å².